The van der Waals surface area contributed by atoms with Gasteiger partial charge >= 0.3 is 5.97 Å². The fraction of sp³-hybridized carbons (Fsp3) is 0.619. The molecule has 29 heavy (non-hydrogen) atoms. The van der Waals surface area contributed by atoms with Gasteiger partial charge in [-0.3, -0.25) is 14.7 Å². The van der Waals surface area contributed by atoms with Crippen molar-refractivity contribution in [1.29, 1.82) is 0 Å². The van der Waals surface area contributed by atoms with Crippen LogP contribution in [0.3, 0.4) is 0 Å². The summed E-state index contributed by atoms with van der Waals surface area (Å²) >= 11 is 0. The molecule has 3 rings (SSSR count). The maximum Gasteiger partial charge on any atom is 0.307 e. The number of fused-ring (bicyclic) bond motifs is 1. The summed E-state index contributed by atoms with van der Waals surface area (Å²) < 4.78 is 11.2. The van der Waals surface area contributed by atoms with E-state index in [2.05, 4.69) is 50.4 Å². The van der Waals surface area contributed by atoms with E-state index in [1.165, 1.54) is 5.56 Å². The van der Waals surface area contributed by atoms with Crippen LogP contribution in [0.4, 0.5) is 0 Å². The van der Waals surface area contributed by atoms with Gasteiger partial charge in [-0.2, -0.15) is 0 Å². The van der Waals surface area contributed by atoms with Crippen molar-refractivity contribution in [3.8, 4) is 0 Å². The van der Waals surface area contributed by atoms with E-state index in [1.54, 1.807) is 7.05 Å². The van der Waals surface area contributed by atoms with Gasteiger partial charge in [-0.1, -0.05) is 30.3 Å². The number of rotatable bonds is 6. The summed E-state index contributed by atoms with van der Waals surface area (Å²) in [5.74, 6) is 0.625. The zero-order valence-corrected chi connectivity index (χ0v) is 19.9. The zero-order chi connectivity index (χ0) is 19.9. The molecule has 2 atom stereocenters. The molecule has 162 valence electrons. The Balaban J connectivity index is 0.00000300. The van der Waals surface area contributed by atoms with E-state index >= 15 is 0 Å². The van der Waals surface area contributed by atoms with Gasteiger partial charge in [0.2, 0.25) is 0 Å². The first-order valence-electron chi connectivity index (χ1n) is 10.1. The average molecular weight is 516 g/mol. The number of esters is 1. The van der Waals surface area contributed by atoms with Crippen molar-refractivity contribution in [2.75, 3.05) is 39.8 Å². The molecule has 2 aliphatic heterocycles. The van der Waals surface area contributed by atoms with E-state index in [1.807, 2.05) is 13.8 Å². The number of guanidine groups is 1. The standard InChI is InChI=1S/C21H32N4O3.HI/c1-16(2)28-20(26)9-10-23-21(22-3)25-14-18-19(15-25)27-12-11-24(18)13-17-7-5-4-6-8-17;/h4-8,16,18-19H,9-15H2,1-3H3,(H,22,23);1H. The van der Waals surface area contributed by atoms with Gasteiger partial charge in [0.25, 0.3) is 0 Å². The quantitative estimate of drug-likeness (QED) is 0.271. The Labute approximate surface area is 190 Å². The molecule has 2 heterocycles. The lowest BCUT2D eigenvalue weighted by atomic mass is 10.1. The molecule has 0 aromatic heterocycles. The molecule has 0 amide bonds. The molecule has 0 saturated carbocycles. The molecule has 2 aliphatic rings. The number of hydrogen-bond donors (Lipinski definition) is 1. The Morgan fingerprint density at radius 2 is 2.07 bits per heavy atom. The van der Waals surface area contributed by atoms with Crippen LogP contribution in [0.1, 0.15) is 25.8 Å². The molecule has 2 unspecified atom stereocenters. The summed E-state index contributed by atoms with van der Waals surface area (Å²) in [6.45, 7) is 8.55. The number of carbonyl (C=O) groups is 1. The number of likely N-dealkylation sites (tertiary alicyclic amines) is 1. The highest BCUT2D eigenvalue weighted by Crippen LogP contribution is 2.24. The molecule has 0 radical (unpaired) electrons. The molecule has 0 bridgehead atoms. The first-order chi connectivity index (χ1) is 13.6. The van der Waals surface area contributed by atoms with Crippen molar-refractivity contribution in [2.45, 2.75) is 45.1 Å². The summed E-state index contributed by atoms with van der Waals surface area (Å²) in [5, 5.41) is 3.29. The molecule has 2 saturated heterocycles. The summed E-state index contributed by atoms with van der Waals surface area (Å²) in [7, 11) is 1.78. The van der Waals surface area contributed by atoms with Crippen LogP contribution in [0.15, 0.2) is 35.3 Å². The number of carbonyl (C=O) groups excluding carboxylic acids is 1. The fourth-order valence-corrected chi connectivity index (χ4v) is 3.88. The number of morpholine rings is 1. The van der Waals surface area contributed by atoms with Crippen LogP contribution in [0.25, 0.3) is 0 Å². The maximum absolute atomic E-state index is 11.7. The second kappa shape index (κ2) is 11.7. The normalized spacial score (nSPS) is 22.2. The van der Waals surface area contributed by atoms with Crippen LogP contribution in [0, 0.1) is 0 Å². The highest BCUT2D eigenvalue weighted by atomic mass is 127. The average Bonchev–Trinajstić information content (AvgIpc) is 3.10. The van der Waals surface area contributed by atoms with Crippen molar-refractivity contribution in [3.63, 3.8) is 0 Å². The minimum Gasteiger partial charge on any atom is -0.463 e. The monoisotopic (exact) mass is 516 g/mol. The molecule has 2 fully saturated rings. The number of hydrogen-bond acceptors (Lipinski definition) is 5. The van der Waals surface area contributed by atoms with Crippen molar-refractivity contribution < 1.29 is 14.3 Å². The maximum atomic E-state index is 11.7. The zero-order valence-electron chi connectivity index (χ0n) is 17.5. The molecule has 0 aliphatic carbocycles. The molecule has 1 aromatic carbocycles. The number of benzene rings is 1. The summed E-state index contributed by atoms with van der Waals surface area (Å²) in [6.07, 6.45) is 0.428. The lowest BCUT2D eigenvalue weighted by molar-refractivity contribution is -0.147. The third-order valence-electron chi connectivity index (χ3n) is 5.14. The number of halogens is 1. The van der Waals surface area contributed by atoms with E-state index in [4.69, 9.17) is 9.47 Å². The Morgan fingerprint density at radius 1 is 1.31 bits per heavy atom. The molecule has 0 spiro atoms. The van der Waals surface area contributed by atoms with Gasteiger partial charge in [-0.15, -0.1) is 24.0 Å². The lowest BCUT2D eigenvalue weighted by Crippen LogP contribution is -2.50. The van der Waals surface area contributed by atoms with Crippen LogP contribution in [-0.2, 0) is 20.8 Å². The third kappa shape index (κ3) is 6.82. The number of nitrogens with zero attached hydrogens (tertiary/aromatic N) is 3. The van der Waals surface area contributed by atoms with E-state index < -0.39 is 0 Å². The van der Waals surface area contributed by atoms with Crippen molar-refractivity contribution in [3.05, 3.63) is 35.9 Å². The van der Waals surface area contributed by atoms with Crippen molar-refractivity contribution in [1.82, 2.24) is 15.1 Å². The lowest BCUT2D eigenvalue weighted by Gasteiger charge is -2.36. The Hall–Kier alpha value is -1.39. The van der Waals surface area contributed by atoms with Gasteiger partial charge in [0.05, 0.1) is 31.3 Å². The Kier molecular flexibility index (Phi) is 9.64. The van der Waals surface area contributed by atoms with Gasteiger partial charge < -0.3 is 19.7 Å². The van der Waals surface area contributed by atoms with Gasteiger partial charge in [0.15, 0.2) is 5.96 Å². The van der Waals surface area contributed by atoms with E-state index in [9.17, 15) is 4.79 Å². The summed E-state index contributed by atoms with van der Waals surface area (Å²) in [5.41, 5.74) is 1.33. The van der Waals surface area contributed by atoms with E-state index in [0.717, 1.165) is 38.7 Å². The van der Waals surface area contributed by atoms with Crippen molar-refractivity contribution >= 4 is 35.9 Å². The number of aliphatic imine (C=N–C) groups is 1. The Bertz CT molecular complexity index is 671. The van der Waals surface area contributed by atoms with Crippen LogP contribution in [0.5, 0.6) is 0 Å². The van der Waals surface area contributed by atoms with Gasteiger partial charge in [0.1, 0.15) is 0 Å². The summed E-state index contributed by atoms with van der Waals surface area (Å²) in [4.78, 5) is 20.9. The molecule has 8 heteroatoms. The van der Waals surface area contributed by atoms with Gasteiger partial charge in [0, 0.05) is 39.8 Å². The second-order valence-electron chi connectivity index (χ2n) is 7.60. The number of ether oxygens (including phenoxy) is 2. The van der Waals surface area contributed by atoms with E-state index in [0.29, 0.717) is 19.0 Å². The van der Waals surface area contributed by atoms with E-state index in [-0.39, 0.29) is 42.2 Å². The minimum absolute atomic E-state index is 0. The highest BCUT2D eigenvalue weighted by molar-refractivity contribution is 14.0. The molecule has 7 nitrogen and oxygen atoms in total. The van der Waals surface area contributed by atoms with Crippen LogP contribution >= 0.6 is 24.0 Å². The fourth-order valence-electron chi connectivity index (χ4n) is 3.88. The topological polar surface area (TPSA) is 66.4 Å². The molecule has 1 aromatic rings. The molecule has 1 N–H and O–H groups in total. The highest BCUT2D eigenvalue weighted by Gasteiger charge is 2.41. The third-order valence-corrected chi connectivity index (χ3v) is 5.14. The van der Waals surface area contributed by atoms with Crippen molar-refractivity contribution in [2.24, 2.45) is 4.99 Å². The largest absolute Gasteiger partial charge is 0.463 e. The molecular formula is C21H33IN4O3. The predicted molar refractivity (Wildman–Crippen MR) is 125 cm³/mol. The van der Waals surface area contributed by atoms with Crippen LogP contribution < -0.4 is 5.32 Å². The van der Waals surface area contributed by atoms with Crippen LogP contribution in [0.2, 0.25) is 0 Å². The first kappa shape index (κ1) is 23.9. The van der Waals surface area contributed by atoms with Crippen LogP contribution in [-0.4, -0.2) is 79.8 Å². The van der Waals surface area contributed by atoms with Gasteiger partial charge in [-0.25, -0.2) is 0 Å². The minimum atomic E-state index is -0.189. The first-order valence-corrected chi connectivity index (χ1v) is 10.1. The number of nitrogens with one attached hydrogen (secondary N) is 1. The molecular weight excluding hydrogens is 483 g/mol. The Morgan fingerprint density at radius 3 is 2.76 bits per heavy atom. The SMILES string of the molecule is CN=C(NCCC(=O)OC(C)C)N1CC2OCCN(Cc3ccccc3)C2C1.I. The summed E-state index contributed by atoms with van der Waals surface area (Å²) in [6, 6.07) is 10.9. The second-order valence-corrected chi connectivity index (χ2v) is 7.60. The smallest absolute Gasteiger partial charge is 0.307 e. The predicted octanol–water partition coefficient (Wildman–Crippen LogP) is 2.11. The van der Waals surface area contributed by atoms with Gasteiger partial charge in [-0.05, 0) is 19.4 Å².